The predicted molar refractivity (Wildman–Crippen MR) is 86.7 cm³/mol. The summed E-state index contributed by atoms with van der Waals surface area (Å²) in [6.07, 6.45) is 3.90. The topological polar surface area (TPSA) is 54.9 Å². The summed E-state index contributed by atoms with van der Waals surface area (Å²) in [5, 5.41) is 11.6. The van der Waals surface area contributed by atoms with E-state index in [1.165, 1.54) is 29.7 Å². The zero-order valence-electron chi connectivity index (χ0n) is 11.6. The number of amides is 1. The van der Waals surface area contributed by atoms with Crippen LogP contribution in [0.3, 0.4) is 0 Å². The normalized spacial score (nSPS) is 14.1. The summed E-state index contributed by atoms with van der Waals surface area (Å²) in [6, 6.07) is 10.0. The van der Waals surface area contributed by atoms with Crippen LogP contribution in [-0.4, -0.2) is 21.9 Å². The van der Waals surface area contributed by atoms with E-state index in [1.807, 2.05) is 30.3 Å². The molecule has 0 aliphatic heterocycles. The second-order valence-electron chi connectivity index (χ2n) is 5.16. The van der Waals surface area contributed by atoms with E-state index in [9.17, 15) is 4.79 Å². The van der Waals surface area contributed by atoms with Crippen LogP contribution in [0.5, 0.6) is 0 Å². The predicted octanol–water partition coefficient (Wildman–Crippen LogP) is 3.61. The molecule has 1 fully saturated rings. The minimum atomic E-state index is -0.00579. The fourth-order valence-electron chi connectivity index (χ4n) is 1.88. The summed E-state index contributed by atoms with van der Waals surface area (Å²) in [6.45, 7) is 0. The molecule has 0 bridgehead atoms. The lowest BCUT2D eigenvalue weighted by Gasteiger charge is -2.01. The number of aromatic nitrogens is 2. The molecule has 0 saturated heterocycles. The van der Waals surface area contributed by atoms with E-state index in [0.29, 0.717) is 11.6 Å². The van der Waals surface area contributed by atoms with Gasteiger partial charge in [-0.1, -0.05) is 53.4 Å². The fraction of sp³-hybridized carbons (Fsp3) is 0.400. The van der Waals surface area contributed by atoms with Crippen molar-refractivity contribution in [2.24, 2.45) is 5.92 Å². The number of carbonyl (C=O) groups excluding carboxylic acids is 1. The van der Waals surface area contributed by atoms with Gasteiger partial charge in [0.1, 0.15) is 0 Å². The Morgan fingerprint density at radius 2 is 2.10 bits per heavy atom. The summed E-state index contributed by atoms with van der Waals surface area (Å²) in [4.78, 5) is 11.9. The first kappa shape index (κ1) is 14.5. The van der Waals surface area contributed by atoms with Crippen LogP contribution in [0, 0.1) is 5.92 Å². The summed E-state index contributed by atoms with van der Waals surface area (Å²) in [5.41, 5.74) is 1.17. The van der Waals surface area contributed by atoms with Crippen LogP contribution in [0.25, 0.3) is 0 Å². The minimum absolute atomic E-state index is 0.00579. The molecule has 1 aliphatic carbocycles. The Balaban J connectivity index is 1.43. The molecule has 3 rings (SSSR count). The Bertz CT molecular complexity index is 596. The van der Waals surface area contributed by atoms with Crippen molar-refractivity contribution in [3.63, 3.8) is 0 Å². The van der Waals surface area contributed by atoms with Gasteiger partial charge in [0.15, 0.2) is 4.34 Å². The number of anilines is 1. The lowest BCUT2D eigenvalue weighted by molar-refractivity contribution is -0.116. The first-order valence-corrected chi connectivity index (χ1v) is 8.90. The number of nitrogens with zero attached hydrogens (tertiary/aromatic N) is 2. The molecule has 0 atom stereocenters. The molecule has 1 saturated carbocycles. The Labute approximate surface area is 132 Å². The van der Waals surface area contributed by atoms with E-state index in [0.717, 1.165) is 22.4 Å². The summed E-state index contributed by atoms with van der Waals surface area (Å²) in [5.74, 6) is 1.98. The minimum Gasteiger partial charge on any atom is -0.300 e. The monoisotopic (exact) mass is 319 g/mol. The third-order valence-electron chi connectivity index (χ3n) is 3.28. The quantitative estimate of drug-likeness (QED) is 0.625. The first-order valence-electron chi connectivity index (χ1n) is 7.09. The van der Waals surface area contributed by atoms with Gasteiger partial charge in [-0.25, -0.2) is 0 Å². The van der Waals surface area contributed by atoms with Gasteiger partial charge in [0.2, 0.25) is 11.0 Å². The zero-order chi connectivity index (χ0) is 14.5. The van der Waals surface area contributed by atoms with Crippen LogP contribution in [0.1, 0.15) is 24.8 Å². The van der Waals surface area contributed by atoms with Gasteiger partial charge >= 0.3 is 0 Å². The number of benzene rings is 1. The zero-order valence-corrected chi connectivity index (χ0v) is 13.3. The molecule has 2 aromatic rings. The van der Waals surface area contributed by atoms with Gasteiger partial charge in [0.25, 0.3) is 0 Å². The van der Waals surface area contributed by atoms with Crippen LogP contribution in [0.4, 0.5) is 5.13 Å². The van der Waals surface area contributed by atoms with Gasteiger partial charge in [-0.05, 0) is 30.7 Å². The average Bonchev–Trinajstić information content (AvgIpc) is 3.24. The van der Waals surface area contributed by atoms with Crippen molar-refractivity contribution in [2.45, 2.75) is 30.0 Å². The number of nitrogens with one attached hydrogen (secondary N) is 1. The van der Waals surface area contributed by atoms with Crippen molar-refractivity contribution in [1.82, 2.24) is 10.2 Å². The van der Waals surface area contributed by atoms with Crippen LogP contribution in [-0.2, 0) is 11.2 Å². The van der Waals surface area contributed by atoms with Crippen molar-refractivity contribution in [1.29, 1.82) is 0 Å². The third kappa shape index (κ3) is 4.82. The number of rotatable bonds is 7. The van der Waals surface area contributed by atoms with Gasteiger partial charge in [-0.3, -0.25) is 4.79 Å². The lowest BCUT2D eigenvalue weighted by Crippen LogP contribution is -2.12. The van der Waals surface area contributed by atoms with Crippen molar-refractivity contribution < 1.29 is 4.79 Å². The number of hydrogen-bond donors (Lipinski definition) is 1. The molecular formula is C15H17N3OS2. The molecule has 110 valence electrons. The Morgan fingerprint density at radius 1 is 1.29 bits per heavy atom. The van der Waals surface area contributed by atoms with Crippen molar-refractivity contribution in [3.8, 4) is 0 Å². The number of aryl methyl sites for hydroxylation is 1. The molecule has 0 spiro atoms. The number of hydrogen-bond acceptors (Lipinski definition) is 5. The molecule has 4 nitrogen and oxygen atoms in total. The van der Waals surface area contributed by atoms with Crippen LogP contribution < -0.4 is 5.32 Å². The second kappa shape index (κ2) is 7.04. The molecular weight excluding hydrogens is 302 g/mol. The third-order valence-corrected chi connectivity index (χ3v) is 5.48. The van der Waals surface area contributed by atoms with E-state index in [4.69, 9.17) is 0 Å². The molecule has 0 radical (unpaired) electrons. The van der Waals surface area contributed by atoms with Crippen molar-refractivity contribution in [3.05, 3.63) is 35.9 Å². The fourth-order valence-corrected chi connectivity index (χ4v) is 3.86. The smallest absolute Gasteiger partial charge is 0.226 e. The molecule has 1 N–H and O–H groups in total. The van der Waals surface area contributed by atoms with Gasteiger partial charge < -0.3 is 5.32 Å². The molecule has 1 aromatic heterocycles. The molecule has 6 heteroatoms. The van der Waals surface area contributed by atoms with Gasteiger partial charge in [-0.2, -0.15) is 0 Å². The molecule has 0 unspecified atom stereocenters. The largest absolute Gasteiger partial charge is 0.300 e. The summed E-state index contributed by atoms with van der Waals surface area (Å²) >= 11 is 3.20. The van der Waals surface area contributed by atoms with E-state index in [-0.39, 0.29) is 5.91 Å². The highest BCUT2D eigenvalue weighted by molar-refractivity contribution is 8.01. The number of thioether (sulfide) groups is 1. The van der Waals surface area contributed by atoms with Crippen LogP contribution in [0.15, 0.2) is 34.7 Å². The average molecular weight is 319 g/mol. The van der Waals surface area contributed by atoms with E-state index in [1.54, 1.807) is 11.8 Å². The van der Waals surface area contributed by atoms with E-state index >= 15 is 0 Å². The van der Waals surface area contributed by atoms with Gasteiger partial charge in [0.05, 0.1) is 0 Å². The maximum atomic E-state index is 11.9. The van der Waals surface area contributed by atoms with E-state index in [2.05, 4.69) is 15.5 Å². The highest BCUT2D eigenvalue weighted by Crippen LogP contribution is 2.36. The van der Waals surface area contributed by atoms with Crippen LogP contribution in [0.2, 0.25) is 0 Å². The van der Waals surface area contributed by atoms with Crippen molar-refractivity contribution in [2.75, 3.05) is 11.1 Å². The molecule has 1 aliphatic rings. The lowest BCUT2D eigenvalue weighted by atomic mass is 10.1. The maximum Gasteiger partial charge on any atom is 0.226 e. The Morgan fingerprint density at radius 3 is 2.86 bits per heavy atom. The first-order chi connectivity index (χ1) is 10.3. The Kier molecular flexibility index (Phi) is 4.87. The van der Waals surface area contributed by atoms with Crippen LogP contribution >= 0.6 is 23.1 Å². The summed E-state index contributed by atoms with van der Waals surface area (Å²) < 4.78 is 0.945. The molecule has 1 heterocycles. The highest BCUT2D eigenvalue weighted by atomic mass is 32.2. The Hall–Kier alpha value is -1.40. The maximum absolute atomic E-state index is 11.9. The number of carbonyl (C=O) groups is 1. The van der Waals surface area contributed by atoms with Crippen molar-refractivity contribution >= 4 is 34.1 Å². The highest BCUT2D eigenvalue weighted by Gasteiger charge is 2.22. The standard InChI is InChI=1S/C15H17N3OS2/c19-13(9-8-11-4-2-1-3-5-11)16-14-17-18-15(21-14)20-10-12-6-7-12/h1-5,12H,6-10H2,(H,16,17,19). The van der Waals surface area contributed by atoms with E-state index < -0.39 is 0 Å². The molecule has 1 amide bonds. The summed E-state index contributed by atoms with van der Waals surface area (Å²) in [7, 11) is 0. The van der Waals surface area contributed by atoms with Gasteiger partial charge in [0, 0.05) is 12.2 Å². The van der Waals surface area contributed by atoms with Gasteiger partial charge in [-0.15, -0.1) is 10.2 Å². The molecule has 1 aromatic carbocycles. The second-order valence-corrected chi connectivity index (χ2v) is 7.41. The SMILES string of the molecule is O=C(CCc1ccccc1)Nc1nnc(SCC2CC2)s1. The molecule has 21 heavy (non-hydrogen) atoms.